The van der Waals surface area contributed by atoms with Gasteiger partial charge in [0.2, 0.25) is 0 Å². The van der Waals surface area contributed by atoms with Gasteiger partial charge < -0.3 is 39.9 Å². The largest absolute Gasteiger partial charge is 0.472 e. The smallest absolute Gasteiger partial charge is 0.457 e. The molecule has 68 heavy (non-hydrogen) atoms. The van der Waals surface area contributed by atoms with Crippen molar-refractivity contribution in [2.75, 3.05) is 19.8 Å². The van der Waals surface area contributed by atoms with Crippen LogP contribution < -0.4 is 0 Å². The molecule has 1 aliphatic rings. The summed E-state index contributed by atoms with van der Waals surface area (Å²) in [5.41, 5.74) is 0. The number of ether oxygens (including phenoxy) is 2. The maximum absolute atomic E-state index is 12.9. The van der Waals surface area contributed by atoms with Gasteiger partial charge in [-0.15, -0.1) is 0 Å². The average molecular weight is 981 g/mol. The molecule has 0 aromatic carbocycles. The van der Waals surface area contributed by atoms with Crippen LogP contribution in [-0.2, 0) is 27.9 Å². The lowest BCUT2D eigenvalue weighted by Crippen LogP contribution is -2.64. The first kappa shape index (κ1) is 63.8. The van der Waals surface area contributed by atoms with E-state index in [0.29, 0.717) is 13.0 Å². The molecule has 13 heteroatoms. The fourth-order valence-electron chi connectivity index (χ4n) is 7.85. The summed E-state index contributed by atoms with van der Waals surface area (Å²) in [5, 5.41) is 50.4. The fourth-order valence-corrected chi connectivity index (χ4v) is 8.82. The van der Waals surface area contributed by atoms with Crippen molar-refractivity contribution in [1.29, 1.82) is 0 Å². The number of aliphatic hydroxyl groups excluding tert-OH is 5. The number of hydrogen-bond acceptors (Lipinski definition) is 11. The molecular weight excluding hydrogens is 884 g/mol. The fraction of sp³-hybridized carbons (Fsp3) is 0.764. The van der Waals surface area contributed by atoms with E-state index in [0.717, 1.165) is 96.3 Å². The molecule has 1 saturated carbocycles. The molecule has 12 nitrogen and oxygen atoms in total. The lowest BCUT2D eigenvalue weighted by atomic mass is 9.85. The van der Waals surface area contributed by atoms with E-state index >= 15 is 0 Å². The molecule has 6 N–H and O–H groups in total. The van der Waals surface area contributed by atoms with Crippen LogP contribution in [0.5, 0.6) is 0 Å². The molecule has 0 spiro atoms. The Morgan fingerprint density at radius 3 is 1.34 bits per heavy atom. The number of phosphoric ester groups is 1. The van der Waals surface area contributed by atoms with Gasteiger partial charge in [0.05, 0.1) is 13.2 Å². The first-order valence-electron chi connectivity index (χ1n) is 26.8. The van der Waals surface area contributed by atoms with E-state index in [1.165, 1.54) is 83.5 Å². The van der Waals surface area contributed by atoms with Crippen LogP contribution >= 0.6 is 7.82 Å². The first-order chi connectivity index (χ1) is 33.0. The normalized spacial score (nSPS) is 21.7. The van der Waals surface area contributed by atoms with Crippen LogP contribution in [0.1, 0.15) is 206 Å². The number of esters is 1. The van der Waals surface area contributed by atoms with E-state index < -0.39 is 63.1 Å². The van der Waals surface area contributed by atoms with E-state index in [1.54, 1.807) is 0 Å². The van der Waals surface area contributed by atoms with Gasteiger partial charge in [0.1, 0.15) is 42.7 Å². The van der Waals surface area contributed by atoms with E-state index in [9.17, 15) is 39.8 Å². The lowest BCUT2D eigenvalue weighted by molar-refractivity contribution is -0.220. The van der Waals surface area contributed by atoms with Crippen LogP contribution in [0.2, 0.25) is 0 Å². The van der Waals surface area contributed by atoms with E-state index in [-0.39, 0.29) is 13.0 Å². The van der Waals surface area contributed by atoms with Crippen LogP contribution in [0, 0.1) is 0 Å². The summed E-state index contributed by atoms with van der Waals surface area (Å²) in [4.78, 5) is 23.3. The maximum Gasteiger partial charge on any atom is 0.472 e. The summed E-state index contributed by atoms with van der Waals surface area (Å²) in [7, 11) is -5.03. The molecular formula is C55H97O12P. The Hall–Kier alpha value is -2.22. The van der Waals surface area contributed by atoms with Gasteiger partial charge in [0, 0.05) is 13.0 Å². The number of allylic oxidation sites excluding steroid dienone is 12. The van der Waals surface area contributed by atoms with Crippen molar-refractivity contribution in [2.45, 2.75) is 249 Å². The number of unbranched alkanes of at least 4 members (excludes halogenated alkanes) is 21. The minimum Gasteiger partial charge on any atom is -0.457 e. The average Bonchev–Trinajstić information content (AvgIpc) is 3.32. The molecule has 0 aromatic heterocycles. The van der Waals surface area contributed by atoms with Crippen LogP contribution in [0.15, 0.2) is 72.9 Å². The zero-order chi connectivity index (χ0) is 49.8. The summed E-state index contributed by atoms with van der Waals surface area (Å²) in [5.74, 6) is -0.486. The maximum atomic E-state index is 12.9. The summed E-state index contributed by atoms with van der Waals surface area (Å²) in [6, 6.07) is 0. The first-order valence-corrected chi connectivity index (χ1v) is 28.3. The number of phosphoric acid groups is 1. The molecule has 0 bridgehead atoms. The molecule has 0 amide bonds. The van der Waals surface area contributed by atoms with Crippen molar-refractivity contribution in [1.82, 2.24) is 0 Å². The highest BCUT2D eigenvalue weighted by atomic mass is 31.2. The van der Waals surface area contributed by atoms with Crippen LogP contribution in [-0.4, -0.2) is 98.9 Å². The third kappa shape index (κ3) is 35.8. The number of rotatable bonds is 45. The van der Waals surface area contributed by atoms with E-state index in [1.807, 2.05) is 0 Å². The van der Waals surface area contributed by atoms with Crippen molar-refractivity contribution < 1.29 is 58.3 Å². The molecule has 1 aliphatic carbocycles. The van der Waals surface area contributed by atoms with Gasteiger partial charge in [0.25, 0.3) is 0 Å². The number of carbonyl (C=O) groups is 1. The number of carbonyl (C=O) groups excluding carboxylic acids is 1. The molecule has 0 radical (unpaired) electrons. The van der Waals surface area contributed by atoms with Crippen molar-refractivity contribution in [3.05, 3.63) is 72.9 Å². The van der Waals surface area contributed by atoms with Gasteiger partial charge in [0.15, 0.2) is 0 Å². The Morgan fingerprint density at radius 2 is 0.868 bits per heavy atom. The molecule has 0 aromatic rings. The topological polar surface area (TPSA) is 192 Å². The number of hydrogen-bond donors (Lipinski definition) is 6. The molecule has 0 aliphatic heterocycles. The second-order valence-corrected chi connectivity index (χ2v) is 19.7. The Morgan fingerprint density at radius 1 is 0.485 bits per heavy atom. The Balaban J connectivity index is 2.34. The Labute approximate surface area is 412 Å². The standard InChI is InChI=1S/C55H97O12P/c1-3-5-7-9-11-13-15-17-19-21-23-24-25-27-29-31-33-35-37-39-41-43-45-64-46-48(47-65-68(62,63)67-55-53(60)51(58)50(57)52(59)54(55)61)66-49(56)44-42-40-38-36-34-32-30-28-26-22-20-18-16-14-12-10-8-6-4-2/h5,7,11,13,17-20,23-24,27,29,48,50-55,57-61H,3-4,6,8-10,12,14-16,21-22,25-26,28,30-47H2,1-2H3,(H,62,63)/b7-5-,13-11-,19-17-,20-18-,24-23-,29-27-. The minimum absolute atomic E-state index is 0.0905. The zero-order valence-corrected chi connectivity index (χ0v) is 43.3. The molecule has 1 fully saturated rings. The Kier molecular flexibility index (Phi) is 41.9. The van der Waals surface area contributed by atoms with Crippen molar-refractivity contribution in [3.63, 3.8) is 0 Å². The predicted molar refractivity (Wildman–Crippen MR) is 276 cm³/mol. The van der Waals surface area contributed by atoms with Crippen LogP contribution in [0.3, 0.4) is 0 Å². The molecule has 6 atom stereocenters. The van der Waals surface area contributed by atoms with E-state index in [2.05, 4.69) is 86.8 Å². The van der Waals surface area contributed by atoms with E-state index in [4.69, 9.17) is 18.5 Å². The molecule has 394 valence electrons. The van der Waals surface area contributed by atoms with Gasteiger partial charge in [-0.3, -0.25) is 13.8 Å². The molecule has 0 heterocycles. The van der Waals surface area contributed by atoms with Gasteiger partial charge >= 0.3 is 13.8 Å². The minimum atomic E-state index is -5.03. The highest BCUT2D eigenvalue weighted by Gasteiger charge is 2.51. The lowest BCUT2D eigenvalue weighted by Gasteiger charge is -2.41. The zero-order valence-electron chi connectivity index (χ0n) is 42.4. The third-order valence-electron chi connectivity index (χ3n) is 12.1. The quantitative estimate of drug-likeness (QED) is 0.0147. The summed E-state index contributed by atoms with van der Waals surface area (Å²) >= 11 is 0. The van der Waals surface area contributed by atoms with Crippen molar-refractivity contribution >= 4 is 13.8 Å². The summed E-state index contributed by atoms with van der Waals surface area (Å²) in [6.45, 7) is 4.12. The predicted octanol–water partition coefficient (Wildman–Crippen LogP) is 12.3. The van der Waals surface area contributed by atoms with Crippen LogP contribution in [0.4, 0.5) is 0 Å². The third-order valence-corrected chi connectivity index (χ3v) is 13.0. The van der Waals surface area contributed by atoms with Gasteiger partial charge in [-0.1, -0.05) is 189 Å². The molecule has 6 unspecified atom stereocenters. The second kappa shape index (κ2) is 44.7. The highest BCUT2D eigenvalue weighted by Crippen LogP contribution is 2.47. The van der Waals surface area contributed by atoms with Crippen LogP contribution in [0.25, 0.3) is 0 Å². The number of aliphatic hydroxyl groups is 5. The Bertz CT molecular complexity index is 1400. The summed E-state index contributed by atoms with van der Waals surface area (Å²) < 4.78 is 34.3. The van der Waals surface area contributed by atoms with Crippen molar-refractivity contribution in [2.24, 2.45) is 0 Å². The monoisotopic (exact) mass is 981 g/mol. The highest BCUT2D eigenvalue weighted by molar-refractivity contribution is 7.47. The molecule has 0 saturated heterocycles. The summed E-state index contributed by atoms with van der Waals surface area (Å²) in [6.07, 6.45) is 46.7. The second-order valence-electron chi connectivity index (χ2n) is 18.3. The molecule has 1 rings (SSSR count). The van der Waals surface area contributed by atoms with Gasteiger partial charge in [-0.2, -0.15) is 0 Å². The van der Waals surface area contributed by atoms with Gasteiger partial charge in [-0.25, -0.2) is 4.57 Å². The van der Waals surface area contributed by atoms with Crippen molar-refractivity contribution in [3.8, 4) is 0 Å². The van der Waals surface area contributed by atoms with Gasteiger partial charge in [-0.05, 0) is 83.5 Å². The SMILES string of the molecule is CC/C=C\C/C=C\C/C=C\C/C=C\C/C=C\CCCCCCCCOCC(COP(=O)(O)OC1C(O)C(O)C(O)C(O)C1O)OC(=O)CCCCCCCCCCC/C=C\CCCCCCCC.